The maximum atomic E-state index is 13.4. The fourth-order valence-corrected chi connectivity index (χ4v) is 3.24. The Morgan fingerprint density at radius 3 is 1.87 bits per heavy atom. The van der Waals surface area contributed by atoms with E-state index in [0.717, 1.165) is 24.3 Å². The van der Waals surface area contributed by atoms with Crippen molar-refractivity contribution >= 4 is 20.0 Å². The second kappa shape index (κ2) is 6.20. The van der Waals surface area contributed by atoms with Gasteiger partial charge < -0.3 is 4.18 Å². The number of sulfone groups is 1. The van der Waals surface area contributed by atoms with Crippen LogP contribution in [0.2, 0.25) is 0 Å². The lowest BCUT2D eigenvalue weighted by molar-refractivity contribution is 0.234. The molecule has 0 aromatic heterocycles. The Labute approximate surface area is 130 Å². The highest BCUT2D eigenvalue weighted by molar-refractivity contribution is 7.91. The predicted molar refractivity (Wildman–Crippen MR) is 73.8 cm³/mol. The third kappa shape index (κ3) is 3.64. The average Bonchev–Trinajstić information content (AvgIpc) is 2.49. The summed E-state index contributed by atoms with van der Waals surface area (Å²) in [5.41, 5.74) is 0. The third-order valence-electron chi connectivity index (χ3n) is 2.71. The molecule has 0 bridgehead atoms. The molecule has 0 saturated carbocycles. The fourth-order valence-electron chi connectivity index (χ4n) is 1.58. The van der Waals surface area contributed by atoms with E-state index in [9.17, 15) is 30.0 Å². The van der Waals surface area contributed by atoms with Crippen LogP contribution >= 0.6 is 0 Å². The summed E-state index contributed by atoms with van der Waals surface area (Å²) in [5.74, 6) is -5.08. The molecule has 0 aliphatic rings. The molecule has 0 unspecified atom stereocenters. The molecule has 0 aliphatic heterocycles. The van der Waals surface area contributed by atoms with Crippen molar-refractivity contribution in [3.05, 3.63) is 54.3 Å². The van der Waals surface area contributed by atoms with Crippen LogP contribution in [0.25, 0.3) is 0 Å². The number of hydrogen-bond acceptors (Lipinski definition) is 5. The van der Waals surface area contributed by atoms with Crippen LogP contribution in [0.1, 0.15) is 0 Å². The highest BCUT2D eigenvalue weighted by atomic mass is 32.2. The van der Waals surface area contributed by atoms with Gasteiger partial charge in [0.15, 0.2) is 11.6 Å². The molecule has 0 atom stereocenters. The van der Waals surface area contributed by atoms with Gasteiger partial charge in [-0.25, -0.2) is 12.8 Å². The Bertz CT molecular complexity index is 907. The van der Waals surface area contributed by atoms with Gasteiger partial charge in [0.1, 0.15) is 4.90 Å². The predicted octanol–water partition coefficient (Wildman–Crippen LogP) is 2.59. The Balaban J connectivity index is 2.34. The minimum atomic E-state index is -4.83. The molecule has 0 saturated heterocycles. The van der Waals surface area contributed by atoms with E-state index in [2.05, 4.69) is 4.18 Å². The van der Waals surface area contributed by atoms with Crippen molar-refractivity contribution in [2.24, 2.45) is 0 Å². The van der Waals surface area contributed by atoms with Gasteiger partial charge in [0.25, 0.3) is 0 Å². The minimum Gasteiger partial charge on any atom is -0.376 e. The standard InChI is InChI=1S/C13H9F3O5S2/c14-11-3-1-2-4-12(11)21-23(19,20)10-7-5-9(6-8-10)22(17,18)13(15)16/h1-8,13H. The quantitative estimate of drug-likeness (QED) is 0.760. The number of benzene rings is 2. The molecule has 2 aromatic rings. The monoisotopic (exact) mass is 366 g/mol. The summed E-state index contributed by atoms with van der Waals surface area (Å²) in [7, 11) is -9.27. The van der Waals surface area contributed by atoms with Crippen molar-refractivity contribution in [2.45, 2.75) is 15.5 Å². The molecule has 10 heteroatoms. The smallest absolute Gasteiger partial charge is 0.341 e. The van der Waals surface area contributed by atoms with Gasteiger partial charge in [-0.05, 0) is 36.4 Å². The van der Waals surface area contributed by atoms with Crippen molar-refractivity contribution in [3.8, 4) is 5.75 Å². The Kier molecular flexibility index (Phi) is 4.66. The lowest BCUT2D eigenvalue weighted by Crippen LogP contribution is -2.13. The average molecular weight is 366 g/mol. The molecule has 2 rings (SSSR count). The molecule has 0 fully saturated rings. The lowest BCUT2D eigenvalue weighted by atomic mass is 10.3. The van der Waals surface area contributed by atoms with Crippen LogP contribution in [-0.4, -0.2) is 22.6 Å². The van der Waals surface area contributed by atoms with Crippen LogP contribution in [0.4, 0.5) is 13.2 Å². The van der Waals surface area contributed by atoms with Gasteiger partial charge in [0.2, 0.25) is 9.84 Å². The Morgan fingerprint density at radius 1 is 0.826 bits per heavy atom. The van der Waals surface area contributed by atoms with Gasteiger partial charge in [-0.2, -0.15) is 17.2 Å². The first-order chi connectivity index (χ1) is 10.6. The summed E-state index contributed by atoms with van der Waals surface area (Å²) in [5, 5.41) is 0. The zero-order valence-electron chi connectivity index (χ0n) is 11.2. The number of para-hydroxylation sites is 1. The van der Waals surface area contributed by atoms with Crippen LogP contribution in [-0.2, 0) is 20.0 Å². The molecule has 0 amide bonds. The lowest BCUT2D eigenvalue weighted by Gasteiger charge is -2.08. The van der Waals surface area contributed by atoms with E-state index < -0.39 is 47.1 Å². The summed E-state index contributed by atoms with van der Waals surface area (Å²) in [6.45, 7) is 0. The Morgan fingerprint density at radius 2 is 1.35 bits per heavy atom. The maximum Gasteiger partial charge on any atom is 0.341 e. The van der Waals surface area contributed by atoms with Crippen LogP contribution < -0.4 is 4.18 Å². The molecule has 5 nitrogen and oxygen atoms in total. The van der Waals surface area contributed by atoms with E-state index >= 15 is 0 Å². The highest BCUT2D eigenvalue weighted by Gasteiger charge is 2.27. The number of alkyl halides is 2. The van der Waals surface area contributed by atoms with Crippen LogP contribution in [0.15, 0.2) is 58.3 Å². The zero-order chi connectivity index (χ0) is 17.3. The molecular formula is C13H9F3O5S2. The Hall–Kier alpha value is -2.07. The minimum absolute atomic E-state index is 0.506. The molecule has 0 heterocycles. The van der Waals surface area contributed by atoms with Gasteiger partial charge >= 0.3 is 15.9 Å². The van der Waals surface area contributed by atoms with Gasteiger partial charge in [-0.3, -0.25) is 0 Å². The first-order valence-corrected chi connectivity index (χ1v) is 8.91. The molecule has 2 aromatic carbocycles. The second-order valence-corrected chi connectivity index (χ2v) is 7.71. The van der Waals surface area contributed by atoms with E-state index in [1.807, 2.05) is 0 Å². The SMILES string of the molecule is O=S(=O)(Oc1ccccc1F)c1ccc(S(=O)(=O)C(F)F)cc1. The van der Waals surface area contributed by atoms with Crippen molar-refractivity contribution in [2.75, 3.05) is 0 Å². The third-order valence-corrected chi connectivity index (χ3v) is 5.36. The second-order valence-electron chi connectivity index (χ2n) is 4.24. The largest absolute Gasteiger partial charge is 0.376 e. The molecule has 0 aliphatic carbocycles. The number of hydrogen-bond donors (Lipinski definition) is 0. The molecule has 23 heavy (non-hydrogen) atoms. The van der Waals surface area contributed by atoms with E-state index in [0.29, 0.717) is 12.1 Å². The molecule has 124 valence electrons. The van der Waals surface area contributed by atoms with Crippen molar-refractivity contribution in [1.29, 1.82) is 0 Å². The van der Waals surface area contributed by atoms with Crippen molar-refractivity contribution < 1.29 is 34.2 Å². The molecule has 0 N–H and O–H groups in total. The normalized spacial score (nSPS) is 12.3. The number of rotatable bonds is 5. The van der Waals surface area contributed by atoms with E-state index in [4.69, 9.17) is 0 Å². The zero-order valence-corrected chi connectivity index (χ0v) is 12.8. The topological polar surface area (TPSA) is 77.5 Å². The van der Waals surface area contributed by atoms with E-state index in [1.54, 1.807) is 0 Å². The summed E-state index contributed by atoms with van der Waals surface area (Å²) in [6, 6.07) is 7.74. The summed E-state index contributed by atoms with van der Waals surface area (Å²) >= 11 is 0. The van der Waals surface area contributed by atoms with Gasteiger partial charge in [-0.1, -0.05) is 12.1 Å². The van der Waals surface area contributed by atoms with Crippen molar-refractivity contribution in [3.63, 3.8) is 0 Å². The van der Waals surface area contributed by atoms with Crippen LogP contribution in [0.5, 0.6) is 5.75 Å². The van der Waals surface area contributed by atoms with E-state index in [1.165, 1.54) is 12.1 Å². The van der Waals surface area contributed by atoms with Gasteiger partial charge in [-0.15, -0.1) is 0 Å². The van der Waals surface area contributed by atoms with Gasteiger partial charge in [0.05, 0.1) is 4.90 Å². The maximum absolute atomic E-state index is 13.4. The van der Waals surface area contributed by atoms with Crippen molar-refractivity contribution in [1.82, 2.24) is 0 Å². The first-order valence-electron chi connectivity index (χ1n) is 5.96. The molecular weight excluding hydrogens is 357 g/mol. The van der Waals surface area contributed by atoms with Gasteiger partial charge in [0, 0.05) is 0 Å². The fraction of sp³-hybridized carbons (Fsp3) is 0.0769. The van der Waals surface area contributed by atoms with E-state index in [-0.39, 0.29) is 0 Å². The summed E-state index contributed by atoms with van der Waals surface area (Å²) < 4.78 is 89.2. The summed E-state index contributed by atoms with van der Waals surface area (Å²) in [4.78, 5) is -1.24. The van der Waals surface area contributed by atoms with Crippen LogP contribution in [0, 0.1) is 5.82 Å². The number of halogens is 3. The highest BCUT2D eigenvalue weighted by Crippen LogP contribution is 2.24. The molecule has 0 radical (unpaired) electrons. The summed E-state index contributed by atoms with van der Waals surface area (Å²) in [6.07, 6.45) is 0. The molecule has 0 spiro atoms. The van der Waals surface area contributed by atoms with Crippen LogP contribution in [0.3, 0.4) is 0 Å². The first kappa shape index (κ1) is 17.3.